The van der Waals surface area contributed by atoms with Gasteiger partial charge in [-0.2, -0.15) is 0 Å². The summed E-state index contributed by atoms with van der Waals surface area (Å²) < 4.78 is 0. The van der Waals surface area contributed by atoms with Gasteiger partial charge in [0.2, 0.25) is 0 Å². The predicted octanol–water partition coefficient (Wildman–Crippen LogP) is 3.07. The van der Waals surface area contributed by atoms with Crippen LogP contribution in [0, 0.1) is 5.92 Å². The van der Waals surface area contributed by atoms with E-state index >= 15 is 0 Å². The Morgan fingerprint density at radius 1 is 1.10 bits per heavy atom. The quantitative estimate of drug-likeness (QED) is 0.347. The van der Waals surface area contributed by atoms with Crippen molar-refractivity contribution in [2.24, 2.45) is 5.92 Å². The Balaban J connectivity index is 4.29. The van der Waals surface area contributed by atoms with E-state index in [1.807, 2.05) is 26.0 Å². The smallest absolute Gasteiger partial charge is 0.328 e. The van der Waals surface area contributed by atoms with Crippen LogP contribution in [0.1, 0.15) is 47.0 Å². The number of aliphatic carboxylic acids is 1. The highest BCUT2D eigenvalue weighted by Crippen LogP contribution is 2.14. The molecule has 0 aromatic carbocycles. The van der Waals surface area contributed by atoms with Gasteiger partial charge in [0.1, 0.15) is 0 Å². The molecule has 3 N–H and O–H groups in total. The van der Waals surface area contributed by atoms with Crippen LogP contribution in [0.2, 0.25) is 0 Å². The number of carboxylic acid groups (broad SMARTS) is 1. The molecule has 3 atom stereocenters. The van der Waals surface area contributed by atoms with E-state index in [2.05, 4.69) is 0 Å². The molecule has 0 aromatic heterocycles. The van der Waals surface area contributed by atoms with Crippen molar-refractivity contribution < 1.29 is 20.1 Å². The van der Waals surface area contributed by atoms with Crippen LogP contribution in [0.5, 0.6) is 0 Å². The van der Waals surface area contributed by atoms with Gasteiger partial charge in [-0.1, -0.05) is 30.7 Å². The van der Waals surface area contributed by atoms with Gasteiger partial charge in [-0.3, -0.25) is 0 Å². The molecule has 0 rings (SSSR count). The zero-order chi connectivity index (χ0) is 16.4. The van der Waals surface area contributed by atoms with Gasteiger partial charge < -0.3 is 15.3 Å². The van der Waals surface area contributed by atoms with Crippen molar-refractivity contribution >= 4 is 5.97 Å². The summed E-state index contributed by atoms with van der Waals surface area (Å²) in [5, 5.41) is 27.9. The minimum Gasteiger partial charge on any atom is -0.478 e. The lowest BCUT2D eigenvalue weighted by Gasteiger charge is -2.14. The zero-order valence-electron chi connectivity index (χ0n) is 13.4. The molecule has 0 heterocycles. The summed E-state index contributed by atoms with van der Waals surface area (Å²) in [4.78, 5) is 10.4. The second kappa shape index (κ2) is 10.4. The van der Waals surface area contributed by atoms with E-state index < -0.39 is 12.1 Å². The third-order valence-electron chi connectivity index (χ3n) is 3.59. The van der Waals surface area contributed by atoms with E-state index in [0.29, 0.717) is 6.42 Å². The molecule has 120 valence electrons. The van der Waals surface area contributed by atoms with Crippen molar-refractivity contribution in [3.05, 3.63) is 35.5 Å². The van der Waals surface area contributed by atoms with Crippen LogP contribution in [0.4, 0.5) is 0 Å². The van der Waals surface area contributed by atoms with Gasteiger partial charge in [-0.15, -0.1) is 0 Å². The fourth-order valence-corrected chi connectivity index (χ4v) is 1.71. The van der Waals surface area contributed by atoms with Crippen molar-refractivity contribution in [2.75, 3.05) is 0 Å². The largest absolute Gasteiger partial charge is 0.478 e. The number of aliphatic hydroxyl groups excluding tert-OH is 2. The molecule has 0 radical (unpaired) electrons. The van der Waals surface area contributed by atoms with E-state index in [-0.39, 0.29) is 12.0 Å². The van der Waals surface area contributed by atoms with Crippen LogP contribution in [-0.2, 0) is 4.79 Å². The highest BCUT2D eigenvalue weighted by atomic mass is 16.4. The lowest BCUT2D eigenvalue weighted by Crippen LogP contribution is -2.12. The minimum atomic E-state index is -0.980. The summed E-state index contributed by atoms with van der Waals surface area (Å²) in [6.07, 6.45) is 7.73. The zero-order valence-corrected chi connectivity index (χ0v) is 13.4. The molecule has 0 spiro atoms. The Labute approximate surface area is 127 Å². The molecule has 0 amide bonds. The maximum Gasteiger partial charge on any atom is 0.328 e. The fourth-order valence-electron chi connectivity index (χ4n) is 1.71. The van der Waals surface area contributed by atoms with Gasteiger partial charge in [0.15, 0.2) is 0 Å². The van der Waals surface area contributed by atoms with Gasteiger partial charge >= 0.3 is 5.97 Å². The molecule has 3 unspecified atom stereocenters. The van der Waals surface area contributed by atoms with Crippen LogP contribution < -0.4 is 0 Å². The molecule has 0 aliphatic carbocycles. The first-order valence-electron chi connectivity index (χ1n) is 7.34. The molecule has 4 heteroatoms. The molecule has 0 aromatic rings. The van der Waals surface area contributed by atoms with Gasteiger partial charge in [-0.25, -0.2) is 4.79 Å². The first-order chi connectivity index (χ1) is 9.73. The number of hydrogen-bond donors (Lipinski definition) is 3. The van der Waals surface area contributed by atoms with Gasteiger partial charge in [-0.05, 0) is 51.5 Å². The molecule has 0 aliphatic rings. The minimum absolute atomic E-state index is 0.245. The monoisotopic (exact) mass is 296 g/mol. The average molecular weight is 296 g/mol. The molecular formula is C17H28O4. The van der Waals surface area contributed by atoms with Gasteiger partial charge in [0.05, 0.1) is 12.2 Å². The van der Waals surface area contributed by atoms with E-state index in [0.717, 1.165) is 30.1 Å². The number of hydrogen-bond acceptors (Lipinski definition) is 3. The fraction of sp³-hybridized carbons (Fsp3) is 0.588. The van der Waals surface area contributed by atoms with Gasteiger partial charge in [0, 0.05) is 6.08 Å². The number of carboxylic acids is 1. The van der Waals surface area contributed by atoms with Crippen molar-refractivity contribution in [3.8, 4) is 0 Å². The van der Waals surface area contributed by atoms with Crippen LogP contribution in [-0.4, -0.2) is 33.5 Å². The molecule has 0 bridgehead atoms. The third-order valence-corrected chi connectivity index (χ3v) is 3.59. The Morgan fingerprint density at radius 2 is 1.71 bits per heavy atom. The summed E-state index contributed by atoms with van der Waals surface area (Å²) in [5.74, 6) is -0.735. The Kier molecular flexibility index (Phi) is 9.67. The van der Waals surface area contributed by atoms with Crippen molar-refractivity contribution in [1.29, 1.82) is 0 Å². The highest BCUT2D eigenvalue weighted by Gasteiger charge is 2.08. The molecule has 0 saturated heterocycles. The molecule has 0 fully saturated rings. The Hall–Kier alpha value is -1.39. The second-order valence-electron chi connectivity index (χ2n) is 5.61. The van der Waals surface area contributed by atoms with Crippen molar-refractivity contribution in [1.82, 2.24) is 0 Å². The third kappa shape index (κ3) is 10.0. The first-order valence-corrected chi connectivity index (χ1v) is 7.34. The standard InChI is InChI=1S/C17H28O4/c1-12(9-11-17(20)21)8-10-16(19)14(3)7-5-6-13(2)15(4)18/h7-9,11,13,15-16,18-19H,5-6,10H2,1-4H3,(H,20,21)/b11-9+,12-8+,14-7+. The summed E-state index contributed by atoms with van der Waals surface area (Å²) in [6.45, 7) is 7.48. The average Bonchev–Trinajstić information content (AvgIpc) is 2.41. The van der Waals surface area contributed by atoms with Crippen LogP contribution in [0.15, 0.2) is 35.5 Å². The second-order valence-corrected chi connectivity index (χ2v) is 5.61. The molecule has 0 aliphatic heterocycles. The molecule has 0 saturated carbocycles. The van der Waals surface area contributed by atoms with Crippen LogP contribution in [0.3, 0.4) is 0 Å². The lowest BCUT2D eigenvalue weighted by atomic mass is 9.98. The summed E-state index contributed by atoms with van der Waals surface area (Å²) >= 11 is 0. The van der Waals surface area contributed by atoms with E-state index in [1.165, 1.54) is 6.08 Å². The van der Waals surface area contributed by atoms with E-state index in [4.69, 9.17) is 5.11 Å². The SMILES string of the molecule is CC(/C=C/C(=O)O)=C\CC(O)/C(C)=C/CCC(C)C(C)O. The lowest BCUT2D eigenvalue weighted by molar-refractivity contribution is -0.131. The number of allylic oxidation sites excluding steroid dienone is 3. The topological polar surface area (TPSA) is 77.8 Å². The van der Waals surface area contributed by atoms with Crippen LogP contribution >= 0.6 is 0 Å². The number of rotatable bonds is 9. The predicted molar refractivity (Wildman–Crippen MR) is 85.0 cm³/mol. The maximum atomic E-state index is 10.4. The summed E-state index contributed by atoms with van der Waals surface area (Å²) in [7, 11) is 0. The molecule has 4 nitrogen and oxygen atoms in total. The highest BCUT2D eigenvalue weighted by molar-refractivity contribution is 5.80. The van der Waals surface area contributed by atoms with Crippen molar-refractivity contribution in [3.63, 3.8) is 0 Å². The normalized spacial score (nSPS) is 17.8. The summed E-state index contributed by atoms with van der Waals surface area (Å²) in [5.41, 5.74) is 1.71. The number of carbonyl (C=O) groups is 1. The number of aliphatic hydroxyl groups is 2. The maximum absolute atomic E-state index is 10.4. The van der Waals surface area contributed by atoms with Crippen LogP contribution in [0.25, 0.3) is 0 Å². The van der Waals surface area contributed by atoms with E-state index in [9.17, 15) is 15.0 Å². The molecular weight excluding hydrogens is 268 g/mol. The summed E-state index contributed by atoms with van der Waals surface area (Å²) in [6, 6.07) is 0. The van der Waals surface area contributed by atoms with Crippen molar-refractivity contribution in [2.45, 2.75) is 59.2 Å². The first kappa shape index (κ1) is 19.6. The van der Waals surface area contributed by atoms with E-state index in [1.54, 1.807) is 13.8 Å². The molecule has 21 heavy (non-hydrogen) atoms. The Bertz CT molecular complexity index is 405. The Morgan fingerprint density at radius 3 is 2.24 bits per heavy atom. The van der Waals surface area contributed by atoms with Gasteiger partial charge in [0.25, 0.3) is 0 Å².